The maximum Gasteiger partial charge on any atom is 0.253 e. The van der Waals surface area contributed by atoms with E-state index >= 15 is 0 Å². The summed E-state index contributed by atoms with van der Waals surface area (Å²) in [6, 6.07) is 4.26. The van der Waals surface area contributed by atoms with Gasteiger partial charge in [-0.1, -0.05) is 11.6 Å². The number of hydrogen-bond acceptors (Lipinski definition) is 4. The van der Waals surface area contributed by atoms with Gasteiger partial charge in [-0.2, -0.15) is 0 Å². The van der Waals surface area contributed by atoms with E-state index in [1.165, 1.54) is 12.1 Å². The summed E-state index contributed by atoms with van der Waals surface area (Å²) in [5.41, 5.74) is 6.28. The van der Waals surface area contributed by atoms with Gasteiger partial charge in [-0.05, 0) is 24.6 Å². The van der Waals surface area contributed by atoms with Gasteiger partial charge in [-0.15, -0.1) is 0 Å². The van der Waals surface area contributed by atoms with Gasteiger partial charge >= 0.3 is 0 Å². The van der Waals surface area contributed by atoms with Crippen molar-refractivity contribution in [1.82, 2.24) is 5.32 Å². The lowest BCUT2D eigenvalue weighted by Gasteiger charge is -2.12. The van der Waals surface area contributed by atoms with E-state index in [1.807, 2.05) is 0 Å². The summed E-state index contributed by atoms with van der Waals surface area (Å²) in [7, 11) is -3.01. The molecule has 1 amide bonds. The fraction of sp³-hybridized carbons (Fsp3) is 0.364. The number of anilines is 1. The predicted molar refractivity (Wildman–Crippen MR) is 70.4 cm³/mol. The lowest BCUT2D eigenvalue weighted by Crippen LogP contribution is -2.35. The van der Waals surface area contributed by atoms with E-state index in [0.29, 0.717) is 17.1 Å². The fourth-order valence-electron chi connectivity index (χ4n) is 1.89. The zero-order valence-electron chi connectivity index (χ0n) is 9.52. The lowest BCUT2D eigenvalue weighted by molar-refractivity contribution is 0.0941. The van der Waals surface area contributed by atoms with E-state index in [0.717, 1.165) is 0 Å². The van der Waals surface area contributed by atoms with Gasteiger partial charge in [-0.25, -0.2) is 8.42 Å². The van der Waals surface area contributed by atoms with Crippen LogP contribution in [0.2, 0.25) is 5.02 Å². The first kappa shape index (κ1) is 13.2. The van der Waals surface area contributed by atoms with Crippen molar-refractivity contribution in [3.8, 4) is 0 Å². The molecule has 0 bridgehead atoms. The molecular formula is C11H13ClN2O3S. The number of nitrogens with one attached hydrogen (secondary N) is 1. The van der Waals surface area contributed by atoms with Crippen molar-refractivity contribution in [2.24, 2.45) is 0 Å². The number of carbonyl (C=O) groups is 1. The van der Waals surface area contributed by atoms with Crippen LogP contribution in [0.1, 0.15) is 16.8 Å². The van der Waals surface area contributed by atoms with Crippen LogP contribution in [-0.2, 0) is 9.84 Å². The number of rotatable bonds is 2. The summed E-state index contributed by atoms with van der Waals surface area (Å²) in [4.78, 5) is 11.9. The topological polar surface area (TPSA) is 89.3 Å². The SMILES string of the molecule is Nc1ccc(Cl)c(C(=O)NC2CCS(=O)(=O)C2)c1. The van der Waals surface area contributed by atoms with E-state index in [1.54, 1.807) is 6.07 Å². The first-order chi connectivity index (χ1) is 8.37. The molecule has 18 heavy (non-hydrogen) atoms. The van der Waals surface area contributed by atoms with Gasteiger partial charge in [0.25, 0.3) is 5.91 Å². The number of nitrogens with two attached hydrogens (primary N) is 1. The molecule has 2 rings (SSSR count). The number of amides is 1. The number of hydrogen-bond donors (Lipinski definition) is 2. The van der Waals surface area contributed by atoms with Crippen LogP contribution >= 0.6 is 11.6 Å². The maximum atomic E-state index is 11.9. The minimum atomic E-state index is -3.01. The number of benzene rings is 1. The van der Waals surface area contributed by atoms with Crippen LogP contribution < -0.4 is 11.1 Å². The van der Waals surface area contributed by atoms with Crippen molar-refractivity contribution < 1.29 is 13.2 Å². The Bertz CT molecular complexity index is 586. The maximum absolute atomic E-state index is 11.9. The highest BCUT2D eigenvalue weighted by Gasteiger charge is 2.29. The molecule has 1 aliphatic heterocycles. The molecule has 1 saturated heterocycles. The van der Waals surface area contributed by atoms with Crippen molar-refractivity contribution in [2.45, 2.75) is 12.5 Å². The first-order valence-electron chi connectivity index (χ1n) is 5.44. The van der Waals surface area contributed by atoms with Crippen molar-refractivity contribution in [1.29, 1.82) is 0 Å². The quantitative estimate of drug-likeness (QED) is 0.789. The molecule has 0 aliphatic carbocycles. The molecule has 1 aromatic rings. The highest BCUT2D eigenvalue weighted by Crippen LogP contribution is 2.20. The molecule has 1 unspecified atom stereocenters. The minimum absolute atomic E-state index is 0.0152. The lowest BCUT2D eigenvalue weighted by atomic mass is 10.1. The minimum Gasteiger partial charge on any atom is -0.399 e. The summed E-state index contributed by atoms with van der Waals surface area (Å²) < 4.78 is 22.6. The average Bonchev–Trinajstić information content (AvgIpc) is 2.61. The van der Waals surface area contributed by atoms with Crippen molar-refractivity contribution in [3.63, 3.8) is 0 Å². The molecule has 98 valence electrons. The van der Waals surface area contributed by atoms with Crippen LogP contribution in [-0.4, -0.2) is 31.9 Å². The molecule has 0 aromatic heterocycles. The molecule has 0 spiro atoms. The summed E-state index contributed by atoms with van der Waals surface area (Å²) in [6.45, 7) is 0. The number of nitrogen functional groups attached to an aromatic ring is 1. The third-order valence-corrected chi connectivity index (χ3v) is 4.90. The predicted octanol–water partition coefficient (Wildman–Crippen LogP) is 0.839. The second-order valence-corrected chi connectivity index (χ2v) is 6.95. The molecule has 1 aliphatic rings. The normalized spacial score (nSPS) is 21.7. The van der Waals surface area contributed by atoms with Crippen molar-refractivity contribution in [3.05, 3.63) is 28.8 Å². The second-order valence-electron chi connectivity index (χ2n) is 4.31. The van der Waals surface area contributed by atoms with Gasteiger partial charge in [0, 0.05) is 11.7 Å². The van der Waals surface area contributed by atoms with E-state index in [4.69, 9.17) is 17.3 Å². The van der Waals surface area contributed by atoms with E-state index < -0.39 is 15.7 Å². The van der Waals surface area contributed by atoms with Crippen LogP contribution in [0.25, 0.3) is 0 Å². The Balaban J connectivity index is 2.11. The van der Waals surface area contributed by atoms with Crippen LogP contribution in [0.5, 0.6) is 0 Å². The Morgan fingerprint density at radius 2 is 2.17 bits per heavy atom. The Labute approximate surface area is 110 Å². The second kappa shape index (κ2) is 4.78. The molecular weight excluding hydrogens is 276 g/mol. The molecule has 5 nitrogen and oxygen atoms in total. The Morgan fingerprint density at radius 1 is 1.44 bits per heavy atom. The van der Waals surface area contributed by atoms with Crippen LogP contribution in [0, 0.1) is 0 Å². The molecule has 0 radical (unpaired) electrons. The largest absolute Gasteiger partial charge is 0.399 e. The van der Waals surface area contributed by atoms with E-state index in [2.05, 4.69) is 5.32 Å². The molecule has 1 aromatic carbocycles. The number of carbonyl (C=O) groups excluding carboxylic acids is 1. The molecule has 1 atom stereocenters. The molecule has 1 heterocycles. The zero-order chi connectivity index (χ0) is 13.3. The van der Waals surface area contributed by atoms with E-state index in [9.17, 15) is 13.2 Å². The van der Waals surface area contributed by atoms with Crippen molar-refractivity contribution in [2.75, 3.05) is 17.2 Å². The molecule has 0 saturated carbocycles. The number of sulfone groups is 1. The molecule has 1 fully saturated rings. The monoisotopic (exact) mass is 288 g/mol. The van der Waals surface area contributed by atoms with Crippen LogP contribution in [0.3, 0.4) is 0 Å². The third-order valence-electron chi connectivity index (χ3n) is 2.80. The Hall–Kier alpha value is -1.27. The highest BCUT2D eigenvalue weighted by molar-refractivity contribution is 7.91. The molecule has 7 heteroatoms. The fourth-order valence-corrected chi connectivity index (χ4v) is 3.77. The summed E-state index contributed by atoms with van der Waals surface area (Å²) in [5, 5.41) is 2.95. The smallest absolute Gasteiger partial charge is 0.253 e. The summed E-state index contributed by atoms with van der Waals surface area (Å²) in [5.74, 6) is -0.296. The zero-order valence-corrected chi connectivity index (χ0v) is 11.1. The number of halogens is 1. The van der Waals surface area contributed by atoms with Crippen LogP contribution in [0.15, 0.2) is 18.2 Å². The van der Waals surface area contributed by atoms with E-state index in [-0.39, 0.29) is 23.1 Å². The average molecular weight is 289 g/mol. The Morgan fingerprint density at radius 3 is 2.78 bits per heavy atom. The van der Waals surface area contributed by atoms with Gasteiger partial charge in [0.1, 0.15) is 0 Å². The van der Waals surface area contributed by atoms with Gasteiger partial charge in [0.2, 0.25) is 0 Å². The Kier molecular flexibility index (Phi) is 3.49. The van der Waals surface area contributed by atoms with Gasteiger partial charge < -0.3 is 11.1 Å². The first-order valence-corrected chi connectivity index (χ1v) is 7.64. The molecule has 3 N–H and O–H groups in total. The van der Waals surface area contributed by atoms with Gasteiger partial charge in [-0.3, -0.25) is 4.79 Å². The summed E-state index contributed by atoms with van der Waals surface area (Å²) >= 11 is 5.90. The van der Waals surface area contributed by atoms with Gasteiger partial charge in [0.15, 0.2) is 9.84 Å². The summed E-state index contributed by atoms with van der Waals surface area (Å²) in [6.07, 6.45) is 0.439. The standard InChI is InChI=1S/C11H13ClN2O3S/c12-10-2-1-7(13)5-9(10)11(15)14-8-3-4-18(16,17)6-8/h1-2,5,8H,3-4,6,13H2,(H,14,15). The highest BCUT2D eigenvalue weighted by atomic mass is 35.5. The van der Waals surface area contributed by atoms with Crippen molar-refractivity contribution >= 4 is 33.0 Å². The van der Waals surface area contributed by atoms with Crippen LogP contribution in [0.4, 0.5) is 5.69 Å². The third kappa shape index (κ3) is 2.94. The van der Waals surface area contributed by atoms with Gasteiger partial charge in [0.05, 0.1) is 22.1 Å².